The highest BCUT2D eigenvalue weighted by molar-refractivity contribution is 7.94. The smallest absolute Gasteiger partial charge is 0.262 e. The maximum atomic E-state index is 12.3. The molecule has 2 aromatic rings. The molecule has 116 valence electrons. The fourth-order valence-corrected chi connectivity index (χ4v) is 4.73. The first-order chi connectivity index (χ1) is 10.3. The first-order valence-corrected chi connectivity index (χ1v) is 9.02. The SMILES string of the molecule is Cc1nc2sc(C(=O)N[C@@H]3C=CS(=O)(=O)C3)c(C)c2c(=O)[nH]1. The number of nitrogens with zero attached hydrogens (tertiary/aromatic N) is 1. The molecule has 0 unspecified atom stereocenters. The number of carbonyl (C=O) groups is 1. The van der Waals surface area contributed by atoms with Gasteiger partial charge < -0.3 is 10.3 Å². The lowest BCUT2D eigenvalue weighted by Gasteiger charge is -2.09. The molecular formula is C13H13N3O4S2. The Morgan fingerprint density at radius 1 is 1.45 bits per heavy atom. The van der Waals surface area contributed by atoms with Gasteiger partial charge in [0.2, 0.25) is 0 Å². The van der Waals surface area contributed by atoms with Gasteiger partial charge in [-0.3, -0.25) is 9.59 Å². The van der Waals surface area contributed by atoms with Crippen molar-refractivity contribution in [2.24, 2.45) is 0 Å². The van der Waals surface area contributed by atoms with Crippen LogP contribution in [-0.4, -0.2) is 36.1 Å². The van der Waals surface area contributed by atoms with Crippen molar-refractivity contribution >= 4 is 37.3 Å². The van der Waals surface area contributed by atoms with Crippen molar-refractivity contribution in [3.05, 3.63) is 38.1 Å². The highest BCUT2D eigenvalue weighted by Crippen LogP contribution is 2.27. The summed E-state index contributed by atoms with van der Waals surface area (Å²) in [6.07, 6.45) is 1.45. The Morgan fingerprint density at radius 2 is 2.18 bits per heavy atom. The number of carbonyl (C=O) groups excluding carboxylic acids is 1. The fourth-order valence-electron chi connectivity index (χ4n) is 2.37. The zero-order chi connectivity index (χ0) is 16.1. The summed E-state index contributed by atoms with van der Waals surface area (Å²) in [6, 6.07) is -0.546. The van der Waals surface area contributed by atoms with Crippen LogP contribution in [0.1, 0.15) is 21.1 Å². The molecule has 9 heteroatoms. The molecule has 0 radical (unpaired) electrons. The Bertz CT molecular complexity index is 969. The van der Waals surface area contributed by atoms with E-state index >= 15 is 0 Å². The highest BCUT2D eigenvalue weighted by Gasteiger charge is 2.25. The molecule has 2 N–H and O–H groups in total. The van der Waals surface area contributed by atoms with Crippen LogP contribution in [0.4, 0.5) is 0 Å². The first kappa shape index (κ1) is 14.9. The van der Waals surface area contributed by atoms with Gasteiger partial charge in [-0.05, 0) is 25.5 Å². The van der Waals surface area contributed by atoms with Crippen LogP contribution in [0, 0.1) is 13.8 Å². The summed E-state index contributed by atoms with van der Waals surface area (Å²) in [4.78, 5) is 32.0. The minimum atomic E-state index is -3.23. The number of fused-ring (bicyclic) bond motifs is 1. The summed E-state index contributed by atoms with van der Waals surface area (Å²) < 4.78 is 22.7. The molecule has 0 saturated heterocycles. The Morgan fingerprint density at radius 3 is 2.82 bits per heavy atom. The molecule has 1 aliphatic heterocycles. The number of aromatic amines is 1. The summed E-state index contributed by atoms with van der Waals surface area (Å²) in [5.74, 6) is -0.0551. The second-order valence-electron chi connectivity index (χ2n) is 5.13. The number of aryl methyl sites for hydroxylation is 2. The van der Waals surface area contributed by atoms with Crippen molar-refractivity contribution in [3.8, 4) is 0 Å². The largest absolute Gasteiger partial charge is 0.344 e. The summed E-state index contributed by atoms with van der Waals surface area (Å²) in [5.41, 5.74) is 0.273. The molecule has 1 aliphatic rings. The van der Waals surface area contributed by atoms with E-state index in [4.69, 9.17) is 0 Å². The minimum Gasteiger partial charge on any atom is -0.344 e. The number of aromatic nitrogens is 2. The third-order valence-corrected chi connectivity index (χ3v) is 5.95. The number of H-pyrrole nitrogens is 1. The average Bonchev–Trinajstić information content (AvgIpc) is 2.89. The van der Waals surface area contributed by atoms with Gasteiger partial charge >= 0.3 is 0 Å². The van der Waals surface area contributed by atoms with Crippen LogP contribution < -0.4 is 10.9 Å². The number of nitrogens with one attached hydrogen (secondary N) is 2. The van der Waals surface area contributed by atoms with E-state index in [9.17, 15) is 18.0 Å². The first-order valence-electron chi connectivity index (χ1n) is 6.49. The zero-order valence-electron chi connectivity index (χ0n) is 11.8. The Hall–Kier alpha value is -2.00. The quantitative estimate of drug-likeness (QED) is 0.834. The van der Waals surface area contributed by atoms with E-state index in [2.05, 4.69) is 15.3 Å². The normalized spacial score (nSPS) is 19.6. The van der Waals surface area contributed by atoms with Crippen LogP contribution in [0.2, 0.25) is 0 Å². The molecular weight excluding hydrogens is 326 g/mol. The molecule has 22 heavy (non-hydrogen) atoms. The number of sulfone groups is 1. The summed E-state index contributed by atoms with van der Waals surface area (Å²) in [7, 11) is -3.23. The van der Waals surface area contributed by atoms with Gasteiger partial charge in [0.25, 0.3) is 11.5 Å². The summed E-state index contributed by atoms with van der Waals surface area (Å²) in [5, 5.41) is 4.15. The predicted molar refractivity (Wildman–Crippen MR) is 83.9 cm³/mol. The Balaban J connectivity index is 1.95. The van der Waals surface area contributed by atoms with Crippen LogP contribution in [0.5, 0.6) is 0 Å². The number of hydrogen-bond donors (Lipinski definition) is 2. The third kappa shape index (κ3) is 2.57. The molecule has 1 amide bonds. The number of thiophene rings is 1. The summed E-state index contributed by atoms with van der Waals surface area (Å²) in [6.45, 7) is 3.35. The molecule has 0 aromatic carbocycles. The lowest BCUT2D eigenvalue weighted by molar-refractivity contribution is 0.0951. The monoisotopic (exact) mass is 339 g/mol. The maximum Gasteiger partial charge on any atom is 0.262 e. The van der Waals surface area contributed by atoms with E-state index in [1.54, 1.807) is 13.8 Å². The van der Waals surface area contributed by atoms with E-state index in [0.717, 1.165) is 16.7 Å². The third-order valence-electron chi connectivity index (χ3n) is 3.37. The van der Waals surface area contributed by atoms with Crippen LogP contribution in [-0.2, 0) is 9.84 Å². The fraction of sp³-hybridized carbons (Fsp3) is 0.308. The molecule has 0 aliphatic carbocycles. The lowest BCUT2D eigenvalue weighted by atomic mass is 10.2. The van der Waals surface area contributed by atoms with Crippen molar-refractivity contribution in [3.63, 3.8) is 0 Å². The Labute approximate surface area is 130 Å². The molecule has 0 fully saturated rings. The zero-order valence-corrected chi connectivity index (χ0v) is 13.5. The van der Waals surface area contributed by atoms with E-state index < -0.39 is 21.8 Å². The molecule has 0 saturated carbocycles. The maximum absolute atomic E-state index is 12.3. The predicted octanol–water partition coefficient (Wildman–Crippen LogP) is 0.642. The molecule has 7 nitrogen and oxygen atoms in total. The van der Waals surface area contributed by atoms with Gasteiger partial charge in [-0.1, -0.05) is 0 Å². The highest BCUT2D eigenvalue weighted by atomic mass is 32.2. The van der Waals surface area contributed by atoms with Crippen molar-refractivity contribution < 1.29 is 13.2 Å². The average molecular weight is 339 g/mol. The van der Waals surface area contributed by atoms with Gasteiger partial charge in [0.1, 0.15) is 10.7 Å². The van der Waals surface area contributed by atoms with Crippen molar-refractivity contribution in [2.75, 3.05) is 5.75 Å². The van der Waals surface area contributed by atoms with Gasteiger partial charge in [-0.25, -0.2) is 13.4 Å². The second kappa shape index (κ2) is 5.03. The van der Waals surface area contributed by atoms with E-state index in [0.29, 0.717) is 26.5 Å². The topological polar surface area (TPSA) is 109 Å². The molecule has 3 rings (SSSR count). The van der Waals surface area contributed by atoms with E-state index in [-0.39, 0.29) is 11.3 Å². The van der Waals surface area contributed by atoms with Gasteiger partial charge in [-0.15, -0.1) is 11.3 Å². The van der Waals surface area contributed by atoms with Crippen molar-refractivity contribution in [1.29, 1.82) is 0 Å². The molecule has 3 heterocycles. The lowest BCUT2D eigenvalue weighted by Crippen LogP contribution is -2.35. The van der Waals surface area contributed by atoms with Crippen LogP contribution in [0.3, 0.4) is 0 Å². The van der Waals surface area contributed by atoms with E-state index in [1.165, 1.54) is 6.08 Å². The van der Waals surface area contributed by atoms with Crippen LogP contribution in [0.25, 0.3) is 10.2 Å². The number of hydrogen-bond acceptors (Lipinski definition) is 6. The molecule has 2 aromatic heterocycles. The number of amides is 1. The van der Waals surface area contributed by atoms with Crippen molar-refractivity contribution in [1.82, 2.24) is 15.3 Å². The minimum absolute atomic E-state index is 0.138. The summed E-state index contributed by atoms with van der Waals surface area (Å²) >= 11 is 1.13. The van der Waals surface area contributed by atoms with E-state index in [1.807, 2.05) is 0 Å². The van der Waals surface area contributed by atoms with Gasteiger partial charge in [0.05, 0.1) is 22.1 Å². The number of rotatable bonds is 2. The van der Waals surface area contributed by atoms with Crippen molar-refractivity contribution in [2.45, 2.75) is 19.9 Å². The molecule has 0 bridgehead atoms. The van der Waals surface area contributed by atoms with Crippen LogP contribution >= 0.6 is 11.3 Å². The second-order valence-corrected chi connectivity index (χ2v) is 8.06. The molecule has 0 spiro atoms. The standard InChI is InChI=1S/C13H13N3O4S2/c1-6-9-11(17)14-7(2)15-13(9)21-10(6)12(18)16-8-3-4-22(19,20)5-8/h3-4,8H,5H2,1-2H3,(H,16,18)(H,14,15,17)/t8-/m1/s1. The van der Waals surface area contributed by atoms with Gasteiger partial charge in [-0.2, -0.15) is 0 Å². The van der Waals surface area contributed by atoms with Crippen LogP contribution in [0.15, 0.2) is 16.3 Å². The molecule has 1 atom stereocenters. The van der Waals surface area contributed by atoms with Gasteiger partial charge in [0.15, 0.2) is 9.84 Å². The Kier molecular flexibility index (Phi) is 3.41. The van der Waals surface area contributed by atoms with Gasteiger partial charge in [0, 0.05) is 5.41 Å².